The molecule has 1 aliphatic heterocycles. The lowest BCUT2D eigenvalue weighted by atomic mass is 9.34. The number of hydrogen-bond donors (Lipinski definition) is 0. The van der Waals surface area contributed by atoms with E-state index in [0.29, 0.717) is 52.6 Å². The van der Waals surface area contributed by atoms with E-state index in [1.807, 2.05) is 0 Å². The van der Waals surface area contributed by atoms with Gasteiger partial charge >= 0.3 is 5.97 Å². The van der Waals surface area contributed by atoms with E-state index in [9.17, 15) is 4.79 Å². The number of methoxy groups -OCH3 is 1. The fourth-order valence-electron chi connectivity index (χ4n) is 11.0. The van der Waals surface area contributed by atoms with Crippen molar-refractivity contribution < 1.29 is 14.3 Å². The first-order valence-corrected chi connectivity index (χ1v) is 14.0. The van der Waals surface area contributed by atoms with Gasteiger partial charge in [0.1, 0.15) is 0 Å². The molecule has 5 fully saturated rings. The van der Waals surface area contributed by atoms with Crippen LogP contribution < -0.4 is 0 Å². The lowest BCUT2D eigenvalue weighted by Crippen LogP contribution is -2.64. The molecule has 0 spiro atoms. The van der Waals surface area contributed by atoms with E-state index >= 15 is 0 Å². The van der Waals surface area contributed by atoms with Gasteiger partial charge in [-0.3, -0.25) is 4.79 Å². The highest BCUT2D eigenvalue weighted by Gasteiger charge is 2.70. The Morgan fingerprint density at radius 1 is 1.03 bits per heavy atom. The minimum absolute atomic E-state index is 0.0650. The Kier molecular flexibility index (Phi) is 4.72. The Morgan fingerprint density at radius 2 is 1.79 bits per heavy atom. The summed E-state index contributed by atoms with van der Waals surface area (Å²) in [5, 5.41) is 0. The van der Waals surface area contributed by atoms with Crippen molar-refractivity contribution in [2.24, 2.45) is 57.2 Å². The molecule has 12 atom stereocenters. The van der Waals surface area contributed by atoms with Gasteiger partial charge in [0, 0.05) is 0 Å². The van der Waals surface area contributed by atoms with Gasteiger partial charge in [-0.1, -0.05) is 53.2 Å². The zero-order valence-electron chi connectivity index (χ0n) is 22.1. The third kappa shape index (κ3) is 2.59. The third-order valence-corrected chi connectivity index (χ3v) is 13.3. The molecule has 0 unspecified atom stereocenters. The van der Waals surface area contributed by atoms with Gasteiger partial charge < -0.3 is 9.47 Å². The number of epoxide rings is 1. The van der Waals surface area contributed by atoms with Crippen molar-refractivity contribution in [3.8, 4) is 0 Å². The van der Waals surface area contributed by atoms with Gasteiger partial charge in [0.05, 0.1) is 24.7 Å². The van der Waals surface area contributed by atoms with Crippen LogP contribution in [0.2, 0.25) is 0 Å². The van der Waals surface area contributed by atoms with Crippen LogP contribution in [0.15, 0.2) is 11.6 Å². The van der Waals surface area contributed by atoms with Crippen LogP contribution in [0.5, 0.6) is 0 Å². The Hall–Kier alpha value is -0.830. The summed E-state index contributed by atoms with van der Waals surface area (Å²) in [4.78, 5) is 13.4. The predicted octanol–water partition coefficient (Wildman–Crippen LogP) is 6.80. The summed E-state index contributed by atoms with van der Waals surface area (Å²) in [5.41, 5.74) is 2.19. The largest absolute Gasteiger partial charge is 0.469 e. The Morgan fingerprint density at radius 3 is 2.52 bits per heavy atom. The van der Waals surface area contributed by atoms with Crippen LogP contribution in [0, 0.1) is 57.2 Å². The molecule has 6 rings (SSSR count). The maximum atomic E-state index is 13.4. The summed E-state index contributed by atoms with van der Waals surface area (Å²) in [6.07, 6.45) is 13.1. The minimum Gasteiger partial charge on any atom is -0.469 e. The molecule has 0 radical (unpaired) electrons. The second-order valence-electron chi connectivity index (χ2n) is 14.1. The molecule has 0 aromatic carbocycles. The van der Waals surface area contributed by atoms with E-state index in [-0.39, 0.29) is 16.8 Å². The van der Waals surface area contributed by atoms with Crippen molar-refractivity contribution in [2.75, 3.05) is 7.11 Å². The highest BCUT2D eigenvalue weighted by Crippen LogP contribution is 2.75. The normalized spacial score (nSPS) is 59.1. The molecule has 0 amide bonds. The first-order chi connectivity index (χ1) is 15.5. The quantitative estimate of drug-likeness (QED) is 0.248. The van der Waals surface area contributed by atoms with E-state index in [1.54, 1.807) is 12.7 Å². The summed E-state index contributed by atoms with van der Waals surface area (Å²) in [5.74, 6) is 3.82. The number of carbonyl (C=O) groups excluding carboxylic acids is 1. The van der Waals surface area contributed by atoms with Crippen molar-refractivity contribution in [2.45, 2.75) is 105 Å². The predicted molar refractivity (Wildman–Crippen MR) is 130 cm³/mol. The van der Waals surface area contributed by atoms with Gasteiger partial charge in [-0.2, -0.15) is 0 Å². The maximum absolute atomic E-state index is 13.4. The number of carbonyl (C=O) groups is 1. The van der Waals surface area contributed by atoms with E-state index in [1.165, 1.54) is 25.7 Å². The summed E-state index contributed by atoms with van der Waals surface area (Å²) in [7, 11) is 1.61. The first-order valence-electron chi connectivity index (χ1n) is 14.0. The third-order valence-electron chi connectivity index (χ3n) is 13.3. The number of allylic oxidation sites excluding steroid dienone is 2. The van der Waals surface area contributed by atoms with Crippen molar-refractivity contribution in [3.63, 3.8) is 0 Å². The average molecular weight is 455 g/mol. The Bertz CT molecular complexity index is 893. The van der Waals surface area contributed by atoms with Crippen LogP contribution in [-0.4, -0.2) is 25.3 Å². The second kappa shape index (κ2) is 6.89. The second-order valence-corrected chi connectivity index (χ2v) is 14.1. The topological polar surface area (TPSA) is 38.8 Å². The molecule has 33 heavy (non-hydrogen) atoms. The van der Waals surface area contributed by atoms with Crippen LogP contribution in [0.25, 0.3) is 0 Å². The number of rotatable bonds is 1. The Labute approximate surface area is 201 Å². The van der Waals surface area contributed by atoms with Crippen LogP contribution in [0.4, 0.5) is 0 Å². The molecular formula is C30H46O3. The molecule has 1 heterocycles. The van der Waals surface area contributed by atoms with Crippen molar-refractivity contribution >= 4 is 5.97 Å². The van der Waals surface area contributed by atoms with Crippen LogP contribution in [-0.2, 0) is 14.3 Å². The van der Waals surface area contributed by atoms with E-state index < -0.39 is 0 Å². The molecule has 6 aliphatic rings. The maximum Gasteiger partial charge on any atom is 0.312 e. The van der Waals surface area contributed by atoms with Gasteiger partial charge in [-0.25, -0.2) is 0 Å². The summed E-state index contributed by atoms with van der Waals surface area (Å²) in [6.45, 7) is 15.2. The first kappa shape index (κ1) is 22.6. The molecule has 1 saturated heterocycles. The lowest BCUT2D eigenvalue weighted by molar-refractivity contribution is -0.181. The van der Waals surface area contributed by atoms with Gasteiger partial charge in [0.25, 0.3) is 0 Å². The van der Waals surface area contributed by atoms with Gasteiger partial charge in [-0.05, 0) is 103 Å². The summed E-state index contributed by atoms with van der Waals surface area (Å²) >= 11 is 0. The minimum atomic E-state index is -0.301. The summed E-state index contributed by atoms with van der Waals surface area (Å²) < 4.78 is 11.7. The molecule has 3 nitrogen and oxygen atoms in total. The summed E-state index contributed by atoms with van der Waals surface area (Å²) in [6, 6.07) is 0. The molecule has 0 aromatic rings. The zero-order valence-corrected chi connectivity index (χ0v) is 22.1. The van der Waals surface area contributed by atoms with Gasteiger partial charge in [0.15, 0.2) is 0 Å². The van der Waals surface area contributed by atoms with E-state index in [2.05, 4.69) is 47.6 Å². The molecule has 0 aromatic heterocycles. The number of ether oxygens (including phenoxy) is 2. The van der Waals surface area contributed by atoms with Crippen LogP contribution in [0.1, 0.15) is 92.9 Å². The van der Waals surface area contributed by atoms with Crippen molar-refractivity contribution in [1.82, 2.24) is 0 Å². The number of fused-ring (bicyclic) bond motifs is 8. The smallest absolute Gasteiger partial charge is 0.312 e. The molecule has 4 saturated carbocycles. The number of hydrogen-bond acceptors (Lipinski definition) is 3. The van der Waals surface area contributed by atoms with Crippen LogP contribution in [0.3, 0.4) is 0 Å². The highest BCUT2D eigenvalue weighted by molar-refractivity contribution is 5.78. The lowest BCUT2D eigenvalue weighted by Gasteiger charge is -2.69. The SMILES string of the molecule is COC(=O)[C@]12CC[C@@H](C)[C@H](C)[C@H]1C1=CC[C@@H]3[C@@]4(C)C[C@@H]5O[C@@H]5[C@H](C)[C@@H]4CC[C@@]3(C)[C@]1(C)CC2. The number of esters is 1. The average Bonchev–Trinajstić information content (AvgIpc) is 3.55. The van der Waals surface area contributed by atoms with Gasteiger partial charge in [-0.15, -0.1) is 0 Å². The fraction of sp³-hybridized carbons (Fsp3) is 0.900. The monoisotopic (exact) mass is 454 g/mol. The van der Waals surface area contributed by atoms with Crippen LogP contribution >= 0.6 is 0 Å². The highest BCUT2D eigenvalue weighted by atomic mass is 16.6. The molecule has 0 bridgehead atoms. The molecule has 5 aliphatic carbocycles. The molecule has 3 heteroatoms. The molecule has 184 valence electrons. The van der Waals surface area contributed by atoms with E-state index in [0.717, 1.165) is 31.6 Å². The van der Waals surface area contributed by atoms with Crippen molar-refractivity contribution in [3.05, 3.63) is 11.6 Å². The van der Waals surface area contributed by atoms with Gasteiger partial charge in [0.2, 0.25) is 0 Å². The fourth-order valence-corrected chi connectivity index (χ4v) is 11.0. The zero-order chi connectivity index (χ0) is 23.6. The molecular weight excluding hydrogens is 408 g/mol. The Balaban J connectivity index is 1.45. The van der Waals surface area contributed by atoms with Crippen molar-refractivity contribution in [1.29, 1.82) is 0 Å². The van der Waals surface area contributed by atoms with E-state index in [4.69, 9.17) is 9.47 Å². The molecule has 0 N–H and O–H groups in total. The standard InChI is InChI=1S/C30H46O3/c1-17-10-13-30(26(31)32-7)15-14-28(5)21(24(30)18(17)2)8-9-23-27(4)16-22-25(33-22)19(3)20(27)11-12-29(23,28)6/h8,17-20,22-25H,9-16H2,1-7H3/t17-,18+,19-,20+,22+,23-,24+,25-,27+,28-,29-,30+/m1/s1.